The van der Waals surface area contributed by atoms with E-state index in [0.29, 0.717) is 10.8 Å². The van der Waals surface area contributed by atoms with Crippen LogP contribution in [-0.4, -0.2) is 18.1 Å². The summed E-state index contributed by atoms with van der Waals surface area (Å²) in [5.41, 5.74) is 0. The van der Waals surface area contributed by atoms with E-state index in [2.05, 4.69) is 4.98 Å². The van der Waals surface area contributed by atoms with Gasteiger partial charge < -0.3 is 4.90 Å². The predicted molar refractivity (Wildman–Crippen MR) is 59.9 cm³/mol. The van der Waals surface area contributed by atoms with Crippen LogP contribution in [-0.2, 0) is 0 Å². The third-order valence-corrected chi connectivity index (χ3v) is 2.90. The lowest BCUT2D eigenvalue weighted by Crippen LogP contribution is -2.25. The number of anilines is 1. The van der Waals surface area contributed by atoms with Crippen molar-refractivity contribution in [3.63, 3.8) is 0 Å². The van der Waals surface area contributed by atoms with Crippen LogP contribution in [0.15, 0.2) is 12.3 Å². The average molecular weight is 229 g/mol. The van der Waals surface area contributed by atoms with Crippen molar-refractivity contribution in [3.8, 4) is 0 Å². The second-order valence-corrected chi connectivity index (χ2v) is 4.30. The van der Waals surface area contributed by atoms with Gasteiger partial charge in [0.05, 0.1) is 5.02 Å². The summed E-state index contributed by atoms with van der Waals surface area (Å²) < 4.78 is 13.6. The van der Waals surface area contributed by atoms with Crippen LogP contribution >= 0.6 is 11.6 Å². The van der Waals surface area contributed by atoms with E-state index in [4.69, 9.17) is 11.6 Å². The summed E-state index contributed by atoms with van der Waals surface area (Å²) in [6.07, 6.45) is 6.19. The van der Waals surface area contributed by atoms with Crippen molar-refractivity contribution in [2.75, 3.05) is 18.0 Å². The maximum absolute atomic E-state index is 13.6. The van der Waals surface area contributed by atoms with Gasteiger partial charge in [0.15, 0.2) is 11.6 Å². The van der Waals surface area contributed by atoms with Gasteiger partial charge in [-0.1, -0.05) is 24.4 Å². The smallest absolute Gasteiger partial charge is 0.167 e. The molecule has 1 aliphatic heterocycles. The fraction of sp³-hybridized carbons (Fsp3) is 0.545. The van der Waals surface area contributed by atoms with Crippen LogP contribution < -0.4 is 4.90 Å². The van der Waals surface area contributed by atoms with E-state index in [1.165, 1.54) is 25.1 Å². The molecular formula is C11H14ClFN2. The Balaban J connectivity index is 2.19. The third kappa shape index (κ3) is 2.59. The lowest BCUT2D eigenvalue weighted by molar-refractivity contribution is 0.608. The number of rotatable bonds is 1. The highest BCUT2D eigenvalue weighted by molar-refractivity contribution is 6.30. The molecule has 4 heteroatoms. The zero-order chi connectivity index (χ0) is 10.7. The standard InChI is InChI=1S/C11H14ClFN2/c12-9-7-10(13)11(14-8-9)15-5-3-1-2-4-6-15/h7-8H,1-6H2. The SMILES string of the molecule is Fc1cc(Cl)cnc1N1CCCCCC1. The second-order valence-electron chi connectivity index (χ2n) is 3.86. The Morgan fingerprint density at radius 2 is 1.87 bits per heavy atom. The van der Waals surface area contributed by atoms with Crippen LogP contribution in [0.4, 0.5) is 10.2 Å². The molecule has 0 unspecified atom stereocenters. The number of hydrogen-bond acceptors (Lipinski definition) is 2. The molecule has 0 aliphatic carbocycles. The van der Waals surface area contributed by atoms with E-state index in [0.717, 1.165) is 25.9 Å². The van der Waals surface area contributed by atoms with Crippen LogP contribution in [0.2, 0.25) is 5.02 Å². The molecule has 1 aromatic rings. The summed E-state index contributed by atoms with van der Waals surface area (Å²) >= 11 is 5.67. The van der Waals surface area contributed by atoms with Gasteiger partial charge >= 0.3 is 0 Å². The Kier molecular flexibility index (Phi) is 3.41. The molecule has 0 bridgehead atoms. The Bertz CT molecular complexity index is 335. The minimum absolute atomic E-state index is 0.315. The molecule has 0 spiro atoms. The number of pyridine rings is 1. The van der Waals surface area contributed by atoms with Gasteiger partial charge in [-0.15, -0.1) is 0 Å². The Morgan fingerprint density at radius 1 is 1.20 bits per heavy atom. The van der Waals surface area contributed by atoms with E-state index in [9.17, 15) is 4.39 Å². The van der Waals surface area contributed by atoms with Crippen molar-refractivity contribution in [2.45, 2.75) is 25.7 Å². The van der Waals surface area contributed by atoms with Crippen molar-refractivity contribution >= 4 is 17.4 Å². The largest absolute Gasteiger partial charge is 0.354 e. The van der Waals surface area contributed by atoms with Gasteiger partial charge in [0.25, 0.3) is 0 Å². The number of hydrogen-bond donors (Lipinski definition) is 0. The summed E-state index contributed by atoms with van der Waals surface area (Å²) in [6.45, 7) is 1.79. The molecule has 0 aromatic carbocycles. The van der Waals surface area contributed by atoms with Crippen LogP contribution in [0.1, 0.15) is 25.7 Å². The monoisotopic (exact) mass is 228 g/mol. The molecule has 1 fully saturated rings. The van der Waals surface area contributed by atoms with Crippen molar-refractivity contribution < 1.29 is 4.39 Å². The average Bonchev–Trinajstić information content (AvgIpc) is 2.46. The third-order valence-electron chi connectivity index (χ3n) is 2.69. The molecule has 0 saturated carbocycles. The molecule has 2 rings (SSSR count). The van der Waals surface area contributed by atoms with E-state index in [1.807, 2.05) is 4.90 Å². The normalized spacial score (nSPS) is 17.6. The van der Waals surface area contributed by atoms with Crippen LogP contribution in [0, 0.1) is 5.82 Å². The molecule has 0 N–H and O–H groups in total. The number of nitrogens with zero attached hydrogens (tertiary/aromatic N) is 2. The summed E-state index contributed by atoms with van der Waals surface area (Å²) in [4.78, 5) is 6.07. The first-order valence-electron chi connectivity index (χ1n) is 5.33. The quantitative estimate of drug-likeness (QED) is 0.734. The maximum Gasteiger partial charge on any atom is 0.167 e. The van der Waals surface area contributed by atoms with Gasteiger partial charge in [0.2, 0.25) is 0 Å². The molecule has 2 nitrogen and oxygen atoms in total. The fourth-order valence-electron chi connectivity index (χ4n) is 1.92. The molecule has 0 amide bonds. The Labute approximate surface area is 94.1 Å². The van der Waals surface area contributed by atoms with Crippen molar-refractivity contribution in [3.05, 3.63) is 23.1 Å². The fourth-order valence-corrected chi connectivity index (χ4v) is 2.07. The summed E-state index contributed by atoms with van der Waals surface area (Å²) in [7, 11) is 0. The molecule has 1 aliphatic rings. The first-order valence-corrected chi connectivity index (χ1v) is 5.71. The van der Waals surface area contributed by atoms with Gasteiger partial charge in [-0.25, -0.2) is 9.37 Å². The van der Waals surface area contributed by atoms with E-state index >= 15 is 0 Å². The van der Waals surface area contributed by atoms with Crippen molar-refractivity contribution in [1.82, 2.24) is 4.98 Å². The summed E-state index contributed by atoms with van der Waals surface area (Å²) in [5.74, 6) is 0.130. The molecule has 0 radical (unpaired) electrons. The van der Waals surface area contributed by atoms with Gasteiger partial charge in [0.1, 0.15) is 0 Å². The predicted octanol–water partition coefficient (Wildman–Crippen LogP) is 3.25. The minimum Gasteiger partial charge on any atom is -0.354 e. The highest BCUT2D eigenvalue weighted by Crippen LogP contribution is 2.22. The van der Waals surface area contributed by atoms with Gasteiger partial charge in [-0.2, -0.15) is 0 Å². The van der Waals surface area contributed by atoms with Crippen LogP contribution in [0.3, 0.4) is 0 Å². The van der Waals surface area contributed by atoms with E-state index < -0.39 is 0 Å². The second kappa shape index (κ2) is 4.79. The van der Waals surface area contributed by atoms with Crippen LogP contribution in [0.5, 0.6) is 0 Å². The molecule has 82 valence electrons. The molecule has 2 heterocycles. The number of aromatic nitrogens is 1. The van der Waals surface area contributed by atoms with Gasteiger partial charge in [-0.05, 0) is 18.9 Å². The van der Waals surface area contributed by atoms with Crippen molar-refractivity contribution in [1.29, 1.82) is 0 Å². The summed E-state index contributed by atoms with van der Waals surface area (Å²) in [6, 6.07) is 1.33. The molecule has 0 atom stereocenters. The molecule has 15 heavy (non-hydrogen) atoms. The van der Waals surface area contributed by atoms with Crippen LogP contribution in [0.25, 0.3) is 0 Å². The lowest BCUT2D eigenvalue weighted by atomic mass is 10.2. The zero-order valence-corrected chi connectivity index (χ0v) is 9.30. The first kappa shape index (κ1) is 10.7. The highest BCUT2D eigenvalue weighted by Gasteiger charge is 2.15. The highest BCUT2D eigenvalue weighted by atomic mass is 35.5. The minimum atomic E-state index is -0.315. The zero-order valence-electron chi connectivity index (χ0n) is 8.55. The molecule has 1 saturated heterocycles. The molecule has 1 aromatic heterocycles. The van der Waals surface area contributed by atoms with Gasteiger partial charge in [0, 0.05) is 19.3 Å². The number of halogens is 2. The molecular weight excluding hydrogens is 215 g/mol. The van der Waals surface area contributed by atoms with Crippen molar-refractivity contribution in [2.24, 2.45) is 0 Å². The maximum atomic E-state index is 13.6. The Hall–Kier alpha value is -0.830. The lowest BCUT2D eigenvalue weighted by Gasteiger charge is -2.21. The topological polar surface area (TPSA) is 16.1 Å². The Morgan fingerprint density at radius 3 is 2.47 bits per heavy atom. The van der Waals surface area contributed by atoms with Gasteiger partial charge in [-0.3, -0.25) is 0 Å². The van der Waals surface area contributed by atoms with E-state index in [1.54, 1.807) is 0 Å². The first-order chi connectivity index (χ1) is 7.27. The summed E-state index contributed by atoms with van der Waals surface area (Å²) in [5, 5.41) is 0.353. The van der Waals surface area contributed by atoms with E-state index in [-0.39, 0.29) is 5.82 Å².